The number of rotatable bonds is 5. The maximum absolute atomic E-state index is 13.2. The first-order chi connectivity index (χ1) is 17.5. The normalized spacial score (nSPS) is 24.6. The lowest BCUT2D eigenvalue weighted by Crippen LogP contribution is -2.41. The fourth-order valence-corrected chi connectivity index (χ4v) is 5.62. The molecule has 5 rings (SSSR count). The second-order valence-corrected chi connectivity index (χ2v) is 11.5. The third-order valence-electron chi connectivity index (χ3n) is 8.21. The largest absolute Gasteiger partial charge is 0.496 e. The van der Waals surface area contributed by atoms with Crippen LogP contribution in [0.15, 0.2) is 24.3 Å². The first kappa shape index (κ1) is 26.2. The molecule has 1 N–H and O–H groups in total. The second-order valence-electron chi connectivity index (χ2n) is 11.1. The van der Waals surface area contributed by atoms with Crippen molar-refractivity contribution < 1.29 is 23.6 Å². The number of nitrogens with one attached hydrogen (secondary N) is 1. The van der Waals surface area contributed by atoms with Gasteiger partial charge >= 0.3 is 13.1 Å². The number of aromatic nitrogens is 2. The highest BCUT2D eigenvalue weighted by molar-refractivity contribution is 6.66. The number of ether oxygens (including phenoxy) is 1. The summed E-state index contributed by atoms with van der Waals surface area (Å²) in [5.41, 5.74) is 1.47. The van der Waals surface area contributed by atoms with Gasteiger partial charge in [0.25, 0.3) is 5.91 Å². The van der Waals surface area contributed by atoms with Crippen molar-refractivity contribution in [3.63, 3.8) is 0 Å². The van der Waals surface area contributed by atoms with Crippen LogP contribution in [0.3, 0.4) is 0 Å². The molecule has 0 saturated carbocycles. The predicted octanol–water partition coefficient (Wildman–Crippen LogP) is 3.42. The number of methoxy groups -OCH3 is 1. The summed E-state index contributed by atoms with van der Waals surface area (Å²) in [6.45, 7) is 10.2. The van der Waals surface area contributed by atoms with E-state index in [0.717, 1.165) is 38.0 Å². The number of anilines is 1. The van der Waals surface area contributed by atoms with Gasteiger partial charge < -0.3 is 19.4 Å². The zero-order valence-corrected chi connectivity index (χ0v) is 22.8. The topological polar surface area (TPSA) is 94.9 Å². The molecule has 0 bridgehead atoms. The van der Waals surface area contributed by atoms with Crippen LogP contribution >= 0.6 is 11.6 Å². The summed E-state index contributed by atoms with van der Waals surface area (Å²) in [6, 6.07) is 7.40. The van der Waals surface area contributed by atoms with Crippen molar-refractivity contribution >= 4 is 41.7 Å². The quantitative estimate of drug-likeness (QED) is 0.469. The lowest BCUT2D eigenvalue weighted by Gasteiger charge is -2.32. The Hall–Kier alpha value is -2.40. The monoisotopic (exact) mass is 528 g/mol. The number of nitrogens with zero attached hydrogens (tertiary/aromatic N) is 3. The number of fused-ring (bicyclic) bond motifs is 1. The molecule has 0 aliphatic carbocycles. The summed E-state index contributed by atoms with van der Waals surface area (Å²) < 4.78 is 19.2. The molecule has 2 saturated heterocycles. The Bertz CT molecular complexity index is 1200. The molecule has 3 aliphatic rings. The summed E-state index contributed by atoms with van der Waals surface area (Å²) in [7, 11) is 0.799. The molecule has 1 unspecified atom stereocenters. The van der Waals surface area contributed by atoms with E-state index in [4.69, 9.17) is 25.6 Å². The number of carbonyl (C=O) groups is 2. The van der Waals surface area contributed by atoms with Crippen molar-refractivity contribution in [2.45, 2.75) is 70.7 Å². The molecular formula is C26H34BClN4O5. The van der Waals surface area contributed by atoms with Crippen molar-refractivity contribution in [1.29, 1.82) is 0 Å². The number of aryl methyl sites for hydroxylation is 1. The zero-order chi connectivity index (χ0) is 26.5. The van der Waals surface area contributed by atoms with E-state index in [9.17, 15) is 9.59 Å². The molecule has 1 aromatic carbocycles. The predicted molar refractivity (Wildman–Crippen MR) is 141 cm³/mol. The van der Waals surface area contributed by atoms with Crippen LogP contribution in [0.25, 0.3) is 0 Å². The van der Waals surface area contributed by atoms with E-state index in [0.29, 0.717) is 28.4 Å². The van der Waals surface area contributed by atoms with Gasteiger partial charge in [-0.3, -0.25) is 19.2 Å². The molecule has 2 aromatic rings. The number of halogens is 1. The van der Waals surface area contributed by atoms with E-state index in [1.807, 2.05) is 50.6 Å². The molecule has 37 heavy (non-hydrogen) atoms. The third-order valence-corrected chi connectivity index (χ3v) is 8.63. The summed E-state index contributed by atoms with van der Waals surface area (Å²) in [4.78, 5) is 27.6. The van der Waals surface area contributed by atoms with Crippen LogP contribution in [0.2, 0.25) is 5.02 Å². The van der Waals surface area contributed by atoms with Crippen molar-refractivity contribution in [3.05, 3.63) is 40.7 Å². The van der Waals surface area contributed by atoms with E-state index < -0.39 is 18.3 Å². The van der Waals surface area contributed by atoms with E-state index in [1.54, 1.807) is 6.07 Å². The highest BCUT2D eigenvalue weighted by atomic mass is 35.5. The first-order valence-corrected chi connectivity index (χ1v) is 13.2. The summed E-state index contributed by atoms with van der Waals surface area (Å²) in [5.74, 6) is -0.599. The van der Waals surface area contributed by atoms with Gasteiger partial charge in [-0.25, -0.2) is 0 Å². The molecular weight excluding hydrogens is 495 g/mol. The number of esters is 1. The highest BCUT2D eigenvalue weighted by Crippen LogP contribution is 2.38. The van der Waals surface area contributed by atoms with Gasteiger partial charge in [0.15, 0.2) is 5.69 Å². The number of hydrogen-bond donors (Lipinski definition) is 1. The summed E-state index contributed by atoms with van der Waals surface area (Å²) in [6.07, 6.45) is 2.70. The van der Waals surface area contributed by atoms with Crippen molar-refractivity contribution in [2.75, 3.05) is 25.5 Å². The van der Waals surface area contributed by atoms with Gasteiger partial charge in [-0.2, -0.15) is 5.10 Å². The van der Waals surface area contributed by atoms with Crippen LogP contribution in [-0.2, 0) is 25.4 Å². The number of benzene rings is 1. The zero-order valence-electron chi connectivity index (χ0n) is 22.0. The Labute approximate surface area is 222 Å². The number of likely N-dealkylation sites (tertiary alicyclic amines) is 1. The third kappa shape index (κ3) is 4.80. The SMILES string of the molecule is COC(=O)[C@@H]1CCN(C2CCCn3nc(C(=O)Nc4cccc(B5OC(C)(C)C(C)(C)O5)c4Cl)cc32)C1. The Morgan fingerprint density at radius 1 is 1.16 bits per heavy atom. The average Bonchev–Trinajstić information content (AvgIpc) is 3.56. The minimum atomic E-state index is -0.635. The van der Waals surface area contributed by atoms with Crippen LogP contribution in [0.4, 0.5) is 5.69 Å². The van der Waals surface area contributed by atoms with Crippen LogP contribution in [-0.4, -0.2) is 65.1 Å². The van der Waals surface area contributed by atoms with Crippen molar-refractivity contribution in [1.82, 2.24) is 14.7 Å². The van der Waals surface area contributed by atoms with E-state index in [1.165, 1.54) is 7.11 Å². The van der Waals surface area contributed by atoms with E-state index >= 15 is 0 Å². The Morgan fingerprint density at radius 2 is 1.89 bits per heavy atom. The molecule has 0 spiro atoms. The van der Waals surface area contributed by atoms with Gasteiger partial charge in [0.1, 0.15) is 0 Å². The molecule has 11 heteroatoms. The second kappa shape index (κ2) is 9.73. The van der Waals surface area contributed by atoms with Crippen molar-refractivity contribution in [2.24, 2.45) is 5.92 Å². The van der Waals surface area contributed by atoms with Crippen LogP contribution in [0.1, 0.15) is 69.2 Å². The Balaban J connectivity index is 1.32. The minimum absolute atomic E-state index is 0.107. The van der Waals surface area contributed by atoms with Gasteiger partial charge in [-0.05, 0) is 65.6 Å². The van der Waals surface area contributed by atoms with Gasteiger partial charge in [0.2, 0.25) is 0 Å². The summed E-state index contributed by atoms with van der Waals surface area (Å²) >= 11 is 6.72. The molecule has 198 valence electrons. The van der Waals surface area contributed by atoms with Gasteiger partial charge in [0, 0.05) is 18.6 Å². The smallest absolute Gasteiger partial charge is 0.469 e. The minimum Gasteiger partial charge on any atom is -0.469 e. The maximum atomic E-state index is 13.2. The number of carbonyl (C=O) groups excluding carboxylic acids is 2. The highest BCUT2D eigenvalue weighted by Gasteiger charge is 2.52. The molecule has 2 fully saturated rings. The maximum Gasteiger partial charge on any atom is 0.496 e. The van der Waals surface area contributed by atoms with Crippen molar-refractivity contribution in [3.8, 4) is 0 Å². The molecule has 0 radical (unpaired) electrons. The van der Waals surface area contributed by atoms with Crippen LogP contribution < -0.4 is 10.8 Å². The lowest BCUT2D eigenvalue weighted by molar-refractivity contribution is -0.145. The van der Waals surface area contributed by atoms with Gasteiger partial charge in [-0.15, -0.1) is 0 Å². The van der Waals surface area contributed by atoms with E-state index in [-0.39, 0.29) is 23.8 Å². The van der Waals surface area contributed by atoms with Crippen LogP contribution in [0, 0.1) is 5.92 Å². The fourth-order valence-electron chi connectivity index (χ4n) is 5.36. The molecule has 1 aromatic heterocycles. The van der Waals surface area contributed by atoms with Gasteiger partial charge in [0.05, 0.1) is 46.7 Å². The molecule has 4 heterocycles. The first-order valence-electron chi connectivity index (χ1n) is 12.9. The molecule has 3 aliphatic heterocycles. The lowest BCUT2D eigenvalue weighted by atomic mass is 9.79. The molecule has 9 nitrogen and oxygen atoms in total. The van der Waals surface area contributed by atoms with E-state index in [2.05, 4.69) is 15.3 Å². The van der Waals surface area contributed by atoms with Gasteiger partial charge in [-0.1, -0.05) is 23.7 Å². The fraction of sp³-hybridized carbons (Fsp3) is 0.577. The Kier molecular flexibility index (Phi) is 6.89. The summed E-state index contributed by atoms with van der Waals surface area (Å²) in [5, 5.41) is 7.90. The Morgan fingerprint density at radius 3 is 2.59 bits per heavy atom. The number of hydrogen-bond acceptors (Lipinski definition) is 7. The standard InChI is InChI=1S/C26H34BClN4O5/c1-25(2)26(3,4)37-27(36-25)17-8-6-9-18(22(17)28)29-23(33)19-14-21-20(10-7-12-32(21)30-19)31-13-11-16(15-31)24(34)35-5/h6,8-9,14,16,20H,7,10-13,15H2,1-5H3,(H,29,33)/t16-,20?/m1/s1. The average molecular weight is 529 g/mol. The molecule has 1 amide bonds. The molecule has 2 atom stereocenters. The van der Waals surface area contributed by atoms with Crippen LogP contribution in [0.5, 0.6) is 0 Å². The number of amides is 1.